The molecule has 2 unspecified atom stereocenters. The lowest BCUT2D eigenvalue weighted by atomic mass is 9.96. The lowest BCUT2D eigenvalue weighted by molar-refractivity contribution is 0.146. The molecule has 0 spiro atoms. The summed E-state index contributed by atoms with van der Waals surface area (Å²) in [5.41, 5.74) is 7.56. The number of hydrogen-bond donors (Lipinski definition) is 2. The first-order valence-corrected chi connectivity index (χ1v) is 6.62. The molecule has 0 bridgehead atoms. The molecule has 1 aliphatic heterocycles. The van der Waals surface area contributed by atoms with Crippen molar-refractivity contribution in [1.82, 2.24) is 0 Å². The van der Waals surface area contributed by atoms with Crippen LogP contribution >= 0.6 is 11.6 Å². The molecule has 1 aliphatic rings. The Bertz CT molecular complexity index is 618. The molecule has 0 saturated carbocycles. The predicted octanol–water partition coefficient (Wildman–Crippen LogP) is 2.80. The molecule has 0 aliphatic carbocycles. The van der Waals surface area contributed by atoms with Crippen molar-refractivity contribution in [3.8, 4) is 11.5 Å². The first kappa shape index (κ1) is 13.2. The Morgan fingerprint density at radius 3 is 2.60 bits per heavy atom. The van der Waals surface area contributed by atoms with Gasteiger partial charge in [0, 0.05) is 0 Å². The lowest BCUT2D eigenvalue weighted by Gasteiger charge is -2.20. The number of aliphatic hydroxyl groups is 1. The summed E-state index contributed by atoms with van der Waals surface area (Å²) < 4.78 is 10.5. The Labute approximate surface area is 121 Å². The van der Waals surface area contributed by atoms with Gasteiger partial charge in [0.25, 0.3) is 0 Å². The third-order valence-electron chi connectivity index (χ3n) is 3.32. The molecule has 2 aromatic carbocycles. The van der Waals surface area contributed by atoms with Crippen molar-refractivity contribution >= 4 is 11.6 Å². The Morgan fingerprint density at radius 2 is 1.85 bits per heavy atom. The van der Waals surface area contributed by atoms with Crippen molar-refractivity contribution in [1.29, 1.82) is 0 Å². The fourth-order valence-corrected chi connectivity index (χ4v) is 2.50. The zero-order chi connectivity index (χ0) is 14.1. The van der Waals surface area contributed by atoms with Crippen molar-refractivity contribution in [3.63, 3.8) is 0 Å². The maximum Gasteiger partial charge on any atom is 0.231 e. The van der Waals surface area contributed by atoms with Gasteiger partial charge in [-0.15, -0.1) is 0 Å². The molecule has 3 N–H and O–H groups in total. The van der Waals surface area contributed by atoms with Gasteiger partial charge in [-0.1, -0.05) is 41.9 Å². The van der Waals surface area contributed by atoms with Crippen LogP contribution in [-0.2, 0) is 0 Å². The highest BCUT2D eigenvalue weighted by Gasteiger charge is 2.24. The van der Waals surface area contributed by atoms with E-state index in [0.717, 1.165) is 5.56 Å². The molecule has 5 heteroatoms. The summed E-state index contributed by atoms with van der Waals surface area (Å²) in [5, 5.41) is 10.8. The largest absolute Gasteiger partial charge is 0.454 e. The summed E-state index contributed by atoms with van der Waals surface area (Å²) in [6, 6.07) is 12.3. The number of fused-ring (bicyclic) bond motifs is 1. The molecule has 2 atom stereocenters. The summed E-state index contributed by atoms with van der Waals surface area (Å²) in [4.78, 5) is 0. The average molecular weight is 292 g/mol. The van der Waals surface area contributed by atoms with Crippen molar-refractivity contribution in [2.45, 2.75) is 12.1 Å². The van der Waals surface area contributed by atoms with Crippen molar-refractivity contribution < 1.29 is 14.6 Å². The summed E-state index contributed by atoms with van der Waals surface area (Å²) in [7, 11) is 0. The fourth-order valence-electron chi connectivity index (χ4n) is 2.22. The molecule has 4 nitrogen and oxygen atoms in total. The van der Waals surface area contributed by atoms with Gasteiger partial charge in [0.2, 0.25) is 6.79 Å². The van der Waals surface area contributed by atoms with Gasteiger partial charge >= 0.3 is 0 Å². The van der Waals surface area contributed by atoms with Crippen LogP contribution in [0.25, 0.3) is 0 Å². The molecule has 0 saturated heterocycles. The third-order valence-corrected chi connectivity index (χ3v) is 3.60. The van der Waals surface area contributed by atoms with Gasteiger partial charge in [-0.2, -0.15) is 0 Å². The zero-order valence-corrected chi connectivity index (χ0v) is 11.4. The van der Waals surface area contributed by atoms with Gasteiger partial charge < -0.3 is 20.3 Å². The number of ether oxygens (including phenoxy) is 2. The molecule has 0 aromatic heterocycles. The topological polar surface area (TPSA) is 64.7 Å². The number of benzene rings is 2. The maximum absolute atomic E-state index is 10.4. The number of nitrogens with two attached hydrogens (primary N) is 1. The van der Waals surface area contributed by atoms with E-state index in [-0.39, 0.29) is 6.79 Å². The molecule has 2 aromatic rings. The van der Waals surface area contributed by atoms with Gasteiger partial charge in [-0.25, -0.2) is 0 Å². The zero-order valence-electron chi connectivity index (χ0n) is 10.6. The normalized spacial score (nSPS) is 15.9. The van der Waals surface area contributed by atoms with Crippen LogP contribution in [0.4, 0.5) is 0 Å². The van der Waals surface area contributed by atoms with Crippen LogP contribution in [0.3, 0.4) is 0 Å². The first-order chi connectivity index (χ1) is 9.66. The van der Waals surface area contributed by atoms with E-state index in [1.54, 1.807) is 12.1 Å². The number of rotatable bonds is 3. The SMILES string of the molecule is NC(c1ccccc1)C(O)c1cc(Cl)c2c(c1)OCO2. The van der Waals surface area contributed by atoms with Crippen LogP contribution in [0.1, 0.15) is 23.3 Å². The monoisotopic (exact) mass is 291 g/mol. The number of aliphatic hydroxyl groups excluding tert-OH is 1. The summed E-state index contributed by atoms with van der Waals surface area (Å²) in [6.45, 7) is 0.138. The Kier molecular flexibility index (Phi) is 3.53. The standard InChI is InChI=1S/C15H14ClNO3/c16-11-6-10(7-12-15(11)20-8-19-12)14(18)13(17)9-4-2-1-3-5-9/h1-7,13-14,18H,8,17H2. The Hall–Kier alpha value is -1.75. The summed E-state index contributed by atoms with van der Waals surface area (Å²) in [5.74, 6) is 1.04. The lowest BCUT2D eigenvalue weighted by Crippen LogP contribution is -2.19. The highest BCUT2D eigenvalue weighted by Crippen LogP contribution is 2.42. The van der Waals surface area contributed by atoms with Gasteiger partial charge in [0.05, 0.1) is 17.2 Å². The average Bonchev–Trinajstić information content (AvgIpc) is 2.95. The van der Waals surface area contributed by atoms with E-state index in [1.165, 1.54) is 0 Å². The van der Waals surface area contributed by atoms with Crippen molar-refractivity contribution in [2.24, 2.45) is 5.73 Å². The van der Waals surface area contributed by atoms with Gasteiger partial charge in [0.1, 0.15) is 0 Å². The van der Waals surface area contributed by atoms with Crippen LogP contribution < -0.4 is 15.2 Å². The van der Waals surface area contributed by atoms with E-state index in [9.17, 15) is 5.11 Å². The quantitative estimate of drug-likeness (QED) is 0.913. The molecular formula is C15H14ClNO3. The fraction of sp³-hybridized carbons (Fsp3) is 0.200. The van der Waals surface area contributed by atoms with E-state index >= 15 is 0 Å². The molecule has 0 amide bonds. The van der Waals surface area contributed by atoms with Crippen molar-refractivity contribution in [3.05, 3.63) is 58.6 Å². The minimum absolute atomic E-state index is 0.138. The third kappa shape index (κ3) is 2.33. The number of halogens is 1. The van der Waals surface area contributed by atoms with Crippen LogP contribution in [-0.4, -0.2) is 11.9 Å². The minimum atomic E-state index is -0.871. The second kappa shape index (κ2) is 5.32. The van der Waals surface area contributed by atoms with E-state index in [4.69, 9.17) is 26.8 Å². The first-order valence-electron chi connectivity index (χ1n) is 6.24. The Morgan fingerprint density at radius 1 is 1.10 bits per heavy atom. The summed E-state index contributed by atoms with van der Waals surface area (Å²) >= 11 is 6.11. The maximum atomic E-state index is 10.4. The van der Waals surface area contributed by atoms with Crippen LogP contribution in [0.2, 0.25) is 5.02 Å². The minimum Gasteiger partial charge on any atom is -0.454 e. The van der Waals surface area contributed by atoms with Gasteiger partial charge in [-0.3, -0.25) is 0 Å². The van der Waals surface area contributed by atoms with Gasteiger partial charge in [-0.05, 0) is 23.3 Å². The molecule has 1 heterocycles. The highest BCUT2D eigenvalue weighted by molar-refractivity contribution is 6.32. The van der Waals surface area contributed by atoms with Gasteiger partial charge in [0.15, 0.2) is 11.5 Å². The molecule has 20 heavy (non-hydrogen) atoms. The second-order valence-electron chi connectivity index (χ2n) is 4.62. The van der Waals surface area contributed by atoms with Crippen LogP contribution in [0.5, 0.6) is 11.5 Å². The highest BCUT2D eigenvalue weighted by atomic mass is 35.5. The molecule has 0 radical (unpaired) electrons. The molecule has 104 valence electrons. The smallest absolute Gasteiger partial charge is 0.231 e. The number of hydrogen-bond acceptors (Lipinski definition) is 4. The molecular weight excluding hydrogens is 278 g/mol. The van der Waals surface area contributed by atoms with E-state index in [2.05, 4.69) is 0 Å². The van der Waals surface area contributed by atoms with Crippen LogP contribution in [0.15, 0.2) is 42.5 Å². The van der Waals surface area contributed by atoms with E-state index in [1.807, 2.05) is 30.3 Å². The second-order valence-corrected chi connectivity index (χ2v) is 5.03. The molecule has 0 fully saturated rings. The predicted molar refractivity (Wildman–Crippen MR) is 75.9 cm³/mol. The van der Waals surface area contributed by atoms with Crippen molar-refractivity contribution in [2.75, 3.05) is 6.79 Å². The van der Waals surface area contributed by atoms with Crippen LogP contribution in [0, 0.1) is 0 Å². The Balaban J connectivity index is 1.91. The van der Waals surface area contributed by atoms with E-state index in [0.29, 0.717) is 22.1 Å². The van der Waals surface area contributed by atoms with E-state index < -0.39 is 12.1 Å². The summed E-state index contributed by atoms with van der Waals surface area (Å²) in [6.07, 6.45) is -0.871. The molecule has 3 rings (SSSR count).